The Labute approximate surface area is 289 Å². The monoisotopic (exact) mass is 706 g/mol. The van der Waals surface area contributed by atoms with Crippen molar-refractivity contribution in [3.8, 4) is 0 Å². The molecule has 1 spiro atoms. The van der Waals surface area contributed by atoms with E-state index in [1.807, 2.05) is 20.8 Å². The molecule has 3 saturated carbocycles. The number of carbonyl (C=O) groups excluding carboxylic acids is 4. The van der Waals surface area contributed by atoms with Crippen LogP contribution in [0.15, 0.2) is 12.3 Å². The zero-order valence-corrected chi connectivity index (χ0v) is 29.2. The first kappa shape index (κ1) is 34.3. The second-order valence-corrected chi connectivity index (χ2v) is 16.3. The summed E-state index contributed by atoms with van der Waals surface area (Å²) < 4.78 is 54.8. The Balaban J connectivity index is 1.36. The lowest BCUT2D eigenvalue weighted by molar-refractivity contribution is -0.296. The Morgan fingerprint density at radius 2 is 1.72 bits per heavy atom. The summed E-state index contributed by atoms with van der Waals surface area (Å²) >= 11 is 0. The summed E-state index contributed by atoms with van der Waals surface area (Å²) in [5, 5.41) is 24.8. The number of hydrogen-bond acceptors (Lipinski definition) is 15. The van der Waals surface area contributed by atoms with Gasteiger partial charge in [-0.3, -0.25) is 14.4 Å². The fraction of sp³-hybridized carbons (Fsp3) is 0.829. The average Bonchev–Trinajstić information content (AvgIpc) is 3.49. The number of epoxide rings is 1. The van der Waals surface area contributed by atoms with Crippen LogP contribution in [0.4, 0.5) is 0 Å². The number of esters is 4. The molecule has 16 atom stereocenters. The van der Waals surface area contributed by atoms with E-state index in [4.69, 9.17) is 42.6 Å². The molecular weight excluding hydrogens is 660 g/mol. The fourth-order valence-electron chi connectivity index (χ4n) is 12.3. The van der Waals surface area contributed by atoms with Crippen LogP contribution in [-0.2, 0) is 61.8 Å². The van der Waals surface area contributed by atoms with Crippen LogP contribution in [0.5, 0.6) is 0 Å². The SMILES string of the molecule is COC(=O)[C@H]1OC[C@]23[C@@H]1[C@](C)([C@]14O[C@@]1(C)[C@H]1C[C@@H]4O[C@@H]4OC=C[C@@]41O)[C@H](O)[C@@H]1OC[C@](C(=O)OC)([C@H](OC(C)=O)C[C@H]2OC(=O)CC(C)C)[C@H]13. The largest absolute Gasteiger partial charge is 0.469 e. The normalized spacial score (nSPS) is 53.0. The zero-order chi connectivity index (χ0) is 36.0. The minimum Gasteiger partial charge on any atom is -0.469 e. The number of rotatable bonds is 7. The lowest BCUT2D eigenvalue weighted by atomic mass is 9.38. The van der Waals surface area contributed by atoms with Gasteiger partial charge in [-0.25, -0.2) is 4.79 Å². The first-order valence-electron chi connectivity index (χ1n) is 17.4. The van der Waals surface area contributed by atoms with Crippen molar-refractivity contribution >= 4 is 23.9 Å². The molecule has 0 aromatic carbocycles. The standard InChI is InChI=1S/C35H46O15/c1-15(2)10-21(37)48-18-12-19(47-16(3)36)33(28(40)43-7)14-45-22-25(33)32(18)13-46-23(27(39)42-6)24(32)30(4,26(22)38)35-20-11-17(31(35,5)50-35)34(41)8-9-44-29(34)49-20/h8-9,15,17-20,22-26,29,38,41H,10-14H2,1-7H3/t17-,18-,19-,20+,22-,23+,24+,25-,26-,29+,30+,31+,32-,33+,34+,35+/m1/s1. The molecule has 5 aliphatic heterocycles. The molecule has 3 aliphatic carbocycles. The van der Waals surface area contributed by atoms with Crippen LogP contribution in [0, 0.1) is 39.9 Å². The summed E-state index contributed by atoms with van der Waals surface area (Å²) in [7, 11) is 2.45. The number of fused-ring (bicyclic) bond motifs is 7. The van der Waals surface area contributed by atoms with Gasteiger partial charge >= 0.3 is 23.9 Å². The first-order chi connectivity index (χ1) is 23.5. The van der Waals surface area contributed by atoms with Crippen molar-refractivity contribution in [3.63, 3.8) is 0 Å². The van der Waals surface area contributed by atoms with Crippen molar-refractivity contribution in [2.45, 2.75) is 114 Å². The van der Waals surface area contributed by atoms with E-state index >= 15 is 0 Å². The van der Waals surface area contributed by atoms with Gasteiger partial charge in [-0.05, 0) is 25.3 Å². The minimum absolute atomic E-state index is 0.0580. The van der Waals surface area contributed by atoms with Gasteiger partial charge in [0.15, 0.2) is 11.7 Å². The first-order valence-corrected chi connectivity index (χ1v) is 17.4. The fourth-order valence-corrected chi connectivity index (χ4v) is 12.3. The van der Waals surface area contributed by atoms with Gasteiger partial charge in [-0.15, -0.1) is 0 Å². The molecular formula is C35H46O15. The lowest BCUT2D eigenvalue weighted by Gasteiger charge is -2.65. The molecule has 5 heterocycles. The molecule has 7 fully saturated rings. The van der Waals surface area contributed by atoms with E-state index in [1.165, 1.54) is 27.4 Å². The van der Waals surface area contributed by atoms with E-state index in [0.717, 1.165) is 0 Å². The molecule has 4 saturated heterocycles. The van der Waals surface area contributed by atoms with Crippen molar-refractivity contribution in [2.24, 2.45) is 39.9 Å². The van der Waals surface area contributed by atoms with E-state index in [2.05, 4.69) is 0 Å². The topological polar surface area (TPSA) is 195 Å². The molecule has 2 N–H and O–H groups in total. The van der Waals surface area contributed by atoms with Gasteiger partial charge in [-0.2, -0.15) is 0 Å². The molecule has 276 valence electrons. The Bertz CT molecular complexity index is 1550. The summed E-state index contributed by atoms with van der Waals surface area (Å²) in [5.41, 5.74) is -8.52. The highest BCUT2D eigenvalue weighted by Crippen LogP contribution is 2.82. The smallest absolute Gasteiger partial charge is 0.335 e. The van der Waals surface area contributed by atoms with Crippen molar-refractivity contribution in [1.29, 1.82) is 0 Å². The van der Waals surface area contributed by atoms with Crippen LogP contribution < -0.4 is 0 Å². The van der Waals surface area contributed by atoms with Crippen LogP contribution in [-0.4, -0.2) is 121 Å². The summed E-state index contributed by atoms with van der Waals surface area (Å²) in [6.07, 6.45) is -4.67. The van der Waals surface area contributed by atoms with Gasteiger partial charge in [0.25, 0.3) is 0 Å². The zero-order valence-electron chi connectivity index (χ0n) is 29.2. The molecule has 0 unspecified atom stereocenters. The maximum Gasteiger partial charge on any atom is 0.335 e. The lowest BCUT2D eigenvalue weighted by Crippen LogP contribution is -2.77. The Kier molecular flexibility index (Phi) is 7.29. The molecule has 0 aromatic heterocycles. The number of aliphatic hydroxyl groups is 2. The molecule has 0 amide bonds. The third-order valence-electron chi connectivity index (χ3n) is 13.9. The summed E-state index contributed by atoms with van der Waals surface area (Å²) in [6, 6.07) is 0. The summed E-state index contributed by atoms with van der Waals surface area (Å²) in [6.45, 7) is 8.13. The highest BCUT2D eigenvalue weighted by atomic mass is 16.7. The maximum atomic E-state index is 14.2. The van der Waals surface area contributed by atoms with Crippen molar-refractivity contribution in [3.05, 3.63) is 12.3 Å². The molecule has 15 nitrogen and oxygen atoms in total. The quantitative estimate of drug-likeness (QED) is 0.212. The van der Waals surface area contributed by atoms with E-state index < -0.39 is 118 Å². The average molecular weight is 707 g/mol. The Morgan fingerprint density at radius 1 is 0.980 bits per heavy atom. The van der Waals surface area contributed by atoms with Gasteiger partial charge in [0.1, 0.15) is 28.8 Å². The predicted molar refractivity (Wildman–Crippen MR) is 163 cm³/mol. The highest BCUT2D eigenvalue weighted by Gasteiger charge is 2.95. The van der Waals surface area contributed by atoms with E-state index in [0.29, 0.717) is 6.42 Å². The molecule has 8 aliphatic rings. The second-order valence-electron chi connectivity index (χ2n) is 16.3. The molecule has 15 heteroatoms. The predicted octanol–water partition coefficient (Wildman–Crippen LogP) is 0.557. The van der Waals surface area contributed by atoms with Gasteiger partial charge in [0, 0.05) is 48.3 Å². The van der Waals surface area contributed by atoms with Crippen molar-refractivity contribution in [1.82, 2.24) is 0 Å². The van der Waals surface area contributed by atoms with Crippen LogP contribution in [0.2, 0.25) is 0 Å². The second kappa shape index (κ2) is 10.6. The third kappa shape index (κ3) is 3.71. The summed E-state index contributed by atoms with van der Waals surface area (Å²) in [4.78, 5) is 54.2. The van der Waals surface area contributed by atoms with Gasteiger partial charge in [0.2, 0.25) is 6.29 Å². The van der Waals surface area contributed by atoms with Gasteiger partial charge in [-0.1, -0.05) is 20.8 Å². The van der Waals surface area contributed by atoms with E-state index in [-0.39, 0.29) is 32.0 Å². The number of hydrogen-bond donors (Lipinski definition) is 2. The molecule has 2 bridgehead atoms. The molecule has 0 aromatic rings. The number of aliphatic hydroxyl groups excluding tert-OH is 1. The summed E-state index contributed by atoms with van der Waals surface area (Å²) in [5.74, 6) is -5.32. The van der Waals surface area contributed by atoms with Crippen molar-refractivity contribution < 1.29 is 72.0 Å². The van der Waals surface area contributed by atoms with E-state index in [1.54, 1.807) is 13.0 Å². The van der Waals surface area contributed by atoms with Gasteiger partial charge in [0.05, 0.1) is 52.0 Å². The highest BCUT2D eigenvalue weighted by molar-refractivity contribution is 5.81. The Hall–Kier alpha value is -2.82. The van der Waals surface area contributed by atoms with Crippen LogP contribution in [0.1, 0.15) is 53.9 Å². The number of carbonyl (C=O) groups is 4. The third-order valence-corrected chi connectivity index (χ3v) is 13.9. The van der Waals surface area contributed by atoms with Gasteiger partial charge < -0.3 is 52.8 Å². The van der Waals surface area contributed by atoms with Crippen LogP contribution >= 0.6 is 0 Å². The molecule has 0 radical (unpaired) electrons. The number of methoxy groups -OCH3 is 2. The van der Waals surface area contributed by atoms with Crippen LogP contribution in [0.25, 0.3) is 0 Å². The Morgan fingerprint density at radius 3 is 2.38 bits per heavy atom. The molecule has 50 heavy (non-hydrogen) atoms. The van der Waals surface area contributed by atoms with E-state index in [9.17, 15) is 29.4 Å². The number of ether oxygens (including phenoxy) is 9. The van der Waals surface area contributed by atoms with Crippen LogP contribution in [0.3, 0.4) is 0 Å². The minimum atomic E-state index is -1.67. The van der Waals surface area contributed by atoms with Crippen molar-refractivity contribution in [2.75, 3.05) is 27.4 Å². The maximum absolute atomic E-state index is 14.2. The molecule has 8 rings (SSSR count).